The second kappa shape index (κ2) is 2.39. The molecule has 2 aliphatic rings. The number of hydrogen-bond donors (Lipinski definition) is 0. The average molecular weight is 173 g/mol. The van der Waals surface area contributed by atoms with Crippen LogP contribution in [0.15, 0.2) is 22.1 Å². The highest BCUT2D eigenvalue weighted by Crippen LogP contribution is 2.16. The summed E-state index contributed by atoms with van der Waals surface area (Å²) in [5.74, 6) is 0. The Kier molecular flexibility index (Phi) is 1.32. The Morgan fingerprint density at radius 1 is 1.23 bits per heavy atom. The Bertz CT molecular complexity index is 476. The summed E-state index contributed by atoms with van der Waals surface area (Å²) >= 11 is 0. The first-order valence-electron chi connectivity index (χ1n) is 4.53. The van der Waals surface area contributed by atoms with Crippen LogP contribution in [0.5, 0.6) is 0 Å². The highest BCUT2D eigenvalue weighted by Gasteiger charge is 2.18. The molecule has 2 aliphatic heterocycles. The van der Waals surface area contributed by atoms with Crippen molar-refractivity contribution in [2.24, 2.45) is 9.98 Å². The van der Waals surface area contributed by atoms with Gasteiger partial charge in [0.1, 0.15) is 6.67 Å². The lowest BCUT2D eigenvalue weighted by molar-refractivity contribution is 0.352. The Morgan fingerprint density at radius 3 is 3.08 bits per heavy atom. The minimum Gasteiger partial charge on any atom is -0.298 e. The van der Waals surface area contributed by atoms with E-state index in [0.717, 1.165) is 23.8 Å². The fourth-order valence-corrected chi connectivity index (χ4v) is 2.09. The molecule has 0 saturated carbocycles. The SMILES string of the molecule is CN1Cc2ccc3c(c2C1)=NCN=3. The van der Waals surface area contributed by atoms with Gasteiger partial charge < -0.3 is 0 Å². The van der Waals surface area contributed by atoms with Crippen LogP contribution in [0.4, 0.5) is 0 Å². The zero-order chi connectivity index (χ0) is 8.84. The van der Waals surface area contributed by atoms with Crippen molar-refractivity contribution in [1.29, 1.82) is 0 Å². The molecular weight excluding hydrogens is 162 g/mol. The topological polar surface area (TPSA) is 28.0 Å². The van der Waals surface area contributed by atoms with E-state index in [1.807, 2.05) is 0 Å². The molecule has 0 N–H and O–H groups in total. The number of hydrogen-bond acceptors (Lipinski definition) is 3. The van der Waals surface area contributed by atoms with E-state index in [-0.39, 0.29) is 0 Å². The smallest absolute Gasteiger partial charge is 0.130 e. The van der Waals surface area contributed by atoms with Gasteiger partial charge in [-0.25, -0.2) is 0 Å². The predicted molar refractivity (Wildman–Crippen MR) is 48.8 cm³/mol. The van der Waals surface area contributed by atoms with Crippen molar-refractivity contribution in [3.63, 3.8) is 0 Å². The van der Waals surface area contributed by atoms with Gasteiger partial charge in [-0.15, -0.1) is 0 Å². The second-order valence-electron chi connectivity index (χ2n) is 3.70. The van der Waals surface area contributed by atoms with E-state index in [2.05, 4.69) is 34.1 Å². The maximum atomic E-state index is 4.41. The zero-order valence-electron chi connectivity index (χ0n) is 7.62. The van der Waals surface area contributed by atoms with Gasteiger partial charge in [-0.2, -0.15) is 0 Å². The van der Waals surface area contributed by atoms with Crippen LogP contribution in [-0.2, 0) is 13.1 Å². The number of fused-ring (bicyclic) bond motifs is 3. The quantitative estimate of drug-likeness (QED) is 0.536. The molecule has 2 heterocycles. The van der Waals surface area contributed by atoms with Crippen LogP contribution in [0.3, 0.4) is 0 Å². The van der Waals surface area contributed by atoms with Gasteiger partial charge in [0.05, 0.1) is 10.7 Å². The molecular formula is C10H11N3. The van der Waals surface area contributed by atoms with Gasteiger partial charge in [-0.05, 0) is 24.2 Å². The van der Waals surface area contributed by atoms with Crippen LogP contribution in [0.2, 0.25) is 0 Å². The third-order valence-electron chi connectivity index (χ3n) is 2.70. The van der Waals surface area contributed by atoms with Crippen molar-refractivity contribution in [2.45, 2.75) is 13.1 Å². The van der Waals surface area contributed by atoms with Crippen molar-refractivity contribution < 1.29 is 0 Å². The molecule has 0 bridgehead atoms. The number of nitrogens with zero attached hydrogens (tertiary/aromatic N) is 3. The monoisotopic (exact) mass is 173 g/mol. The average Bonchev–Trinajstić information content (AvgIpc) is 2.65. The molecule has 3 rings (SSSR count). The van der Waals surface area contributed by atoms with Gasteiger partial charge in [0.15, 0.2) is 0 Å². The second-order valence-corrected chi connectivity index (χ2v) is 3.70. The fraction of sp³-hybridized carbons (Fsp3) is 0.400. The Labute approximate surface area is 76.4 Å². The Morgan fingerprint density at radius 2 is 2.15 bits per heavy atom. The summed E-state index contributed by atoms with van der Waals surface area (Å²) in [7, 11) is 2.14. The van der Waals surface area contributed by atoms with E-state index in [9.17, 15) is 0 Å². The maximum Gasteiger partial charge on any atom is 0.130 e. The molecule has 0 spiro atoms. The van der Waals surface area contributed by atoms with E-state index in [1.54, 1.807) is 0 Å². The molecule has 0 aromatic heterocycles. The largest absolute Gasteiger partial charge is 0.298 e. The molecule has 0 radical (unpaired) electrons. The lowest BCUT2D eigenvalue weighted by Gasteiger charge is -2.02. The Hall–Kier alpha value is -1.22. The van der Waals surface area contributed by atoms with Crippen molar-refractivity contribution in [2.75, 3.05) is 13.7 Å². The fourth-order valence-electron chi connectivity index (χ4n) is 2.09. The minimum absolute atomic E-state index is 0.621. The molecule has 3 nitrogen and oxygen atoms in total. The third-order valence-corrected chi connectivity index (χ3v) is 2.70. The van der Waals surface area contributed by atoms with Crippen molar-refractivity contribution in [1.82, 2.24) is 4.90 Å². The van der Waals surface area contributed by atoms with Crippen LogP contribution in [0.25, 0.3) is 0 Å². The van der Waals surface area contributed by atoms with Gasteiger partial charge in [0.25, 0.3) is 0 Å². The minimum atomic E-state index is 0.621. The molecule has 0 fully saturated rings. The molecule has 66 valence electrons. The first-order valence-corrected chi connectivity index (χ1v) is 4.53. The predicted octanol–water partition coefficient (Wildman–Crippen LogP) is -0.158. The molecule has 0 amide bonds. The first kappa shape index (κ1) is 7.21. The highest BCUT2D eigenvalue weighted by atomic mass is 15.1. The molecule has 0 unspecified atom stereocenters. The van der Waals surface area contributed by atoms with Gasteiger partial charge in [-0.1, -0.05) is 6.07 Å². The van der Waals surface area contributed by atoms with Crippen molar-refractivity contribution >= 4 is 0 Å². The Balaban J connectivity index is 2.35. The number of benzene rings is 1. The summed E-state index contributed by atoms with van der Waals surface area (Å²) in [6.07, 6.45) is 0. The van der Waals surface area contributed by atoms with E-state index >= 15 is 0 Å². The summed E-state index contributed by atoms with van der Waals surface area (Å²) in [6.45, 7) is 2.70. The molecule has 3 heteroatoms. The van der Waals surface area contributed by atoms with Crippen molar-refractivity contribution in [3.8, 4) is 0 Å². The van der Waals surface area contributed by atoms with E-state index in [0.29, 0.717) is 6.67 Å². The lowest BCUT2D eigenvalue weighted by atomic mass is 10.1. The van der Waals surface area contributed by atoms with Crippen LogP contribution in [0.1, 0.15) is 11.1 Å². The van der Waals surface area contributed by atoms with Gasteiger partial charge >= 0.3 is 0 Å². The lowest BCUT2D eigenvalue weighted by Crippen LogP contribution is -2.26. The van der Waals surface area contributed by atoms with Gasteiger partial charge in [0, 0.05) is 13.1 Å². The van der Waals surface area contributed by atoms with Crippen LogP contribution >= 0.6 is 0 Å². The van der Waals surface area contributed by atoms with Crippen molar-refractivity contribution in [3.05, 3.63) is 34.0 Å². The van der Waals surface area contributed by atoms with Gasteiger partial charge in [-0.3, -0.25) is 14.9 Å². The zero-order valence-corrected chi connectivity index (χ0v) is 7.62. The number of rotatable bonds is 0. The van der Waals surface area contributed by atoms with Crippen LogP contribution in [0, 0.1) is 0 Å². The standard InChI is InChI=1S/C10H11N3/c1-13-4-7-2-3-9-10(8(7)5-13)12-6-11-9/h2-3H,4-6H2,1H3. The van der Waals surface area contributed by atoms with Crippen LogP contribution < -0.4 is 10.7 Å². The molecule has 0 aliphatic carbocycles. The molecule has 1 aromatic rings. The van der Waals surface area contributed by atoms with Crippen LogP contribution in [-0.4, -0.2) is 18.6 Å². The van der Waals surface area contributed by atoms with E-state index in [4.69, 9.17) is 0 Å². The first-order chi connectivity index (χ1) is 6.34. The summed E-state index contributed by atoms with van der Waals surface area (Å²) in [4.78, 5) is 11.0. The summed E-state index contributed by atoms with van der Waals surface area (Å²) in [5.41, 5.74) is 2.81. The normalized spacial score (nSPS) is 19.2. The van der Waals surface area contributed by atoms with E-state index < -0.39 is 0 Å². The molecule has 13 heavy (non-hydrogen) atoms. The molecule has 0 atom stereocenters. The van der Waals surface area contributed by atoms with E-state index in [1.165, 1.54) is 11.1 Å². The maximum absolute atomic E-state index is 4.41. The molecule has 1 aromatic carbocycles. The highest BCUT2D eigenvalue weighted by molar-refractivity contribution is 5.30. The third kappa shape index (κ3) is 0.937. The molecule has 0 saturated heterocycles. The summed E-state index contributed by atoms with van der Waals surface area (Å²) < 4.78 is 0. The summed E-state index contributed by atoms with van der Waals surface area (Å²) in [5, 5.41) is 2.22. The summed E-state index contributed by atoms with van der Waals surface area (Å²) in [6, 6.07) is 4.27. The van der Waals surface area contributed by atoms with Gasteiger partial charge in [0.2, 0.25) is 0 Å².